The van der Waals surface area contributed by atoms with Gasteiger partial charge < -0.3 is 5.32 Å². The number of hydrogen-bond acceptors (Lipinski definition) is 2. The monoisotopic (exact) mass is 375 g/mol. The van der Waals surface area contributed by atoms with E-state index in [4.69, 9.17) is 0 Å². The maximum absolute atomic E-state index is 12.8. The number of amides is 1. The van der Waals surface area contributed by atoms with Crippen molar-refractivity contribution < 1.29 is 4.79 Å². The first kappa shape index (κ1) is 19.9. The van der Waals surface area contributed by atoms with Crippen molar-refractivity contribution in [3.63, 3.8) is 0 Å². The van der Waals surface area contributed by atoms with Crippen LogP contribution in [0.4, 0.5) is 0 Å². The summed E-state index contributed by atoms with van der Waals surface area (Å²) in [5.74, 6) is 0.638. The van der Waals surface area contributed by atoms with Gasteiger partial charge in [0.2, 0.25) is 0 Å². The molecule has 4 nitrogen and oxygen atoms in total. The van der Waals surface area contributed by atoms with Crippen LogP contribution in [0.15, 0.2) is 67.0 Å². The van der Waals surface area contributed by atoms with Crippen LogP contribution in [0.3, 0.4) is 0 Å². The second-order valence-electron chi connectivity index (χ2n) is 7.79. The third kappa shape index (κ3) is 5.32. The topological polar surface area (TPSA) is 46.9 Å². The van der Waals surface area contributed by atoms with E-state index in [9.17, 15) is 4.79 Å². The molecule has 0 aliphatic carbocycles. The zero-order valence-electron chi connectivity index (χ0n) is 16.9. The average molecular weight is 376 g/mol. The van der Waals surface area contributed by atoms with E-state index in [-0.39, 0.29) is 11.9 Å². The molecule has 0 saturated heterocycles. The molecular weight excluding hydrogens is 346 g/mol. The van der Waals surface area contributed by atoms with Gasteiger partial charge in [0.25, 0.3) is 5.91 Å². The van der Waals surface area contributed by atoms with Crippen molar-refractivity contribution in [2.45, 2.75) is 46.2 Å². The van der Waals surface area contributed by atoms with E-state index in [1.165, 1.54) is 5.56 Å². The SMILES string of the molecule is CC(C)CCC(C)NC(=O)c1ccccc1-c1ccc(Cn2cccn2)cc1. The van der Waals surface area contributed by atoms with Gasteiger partial charge in [-0.2, -0.15) is 5.10 Å². The molecule has 1 aromatic heterocycles. The lowest BCUT2D eigenvalue weighted by atomic mass is 9.97. The van der Waals surface area contributed by atoms with Crippen LogP contribution in [0.5, 0.6) is 0 Å². The Bertz CT molecular complexity index is 882. The Morgan fingerprint density at radius 3 is 2.43 bits per heavy atom. The van der Waals surface area contributed by atoms with Gasteiger partial charge in [-0.1, -0.05) is 56.3 Å². The predicted octanol–water partition coefficient (Wildman–Crippen LogP) is 5.15. The molecule has 0 radical (unpaired) electrons. The number of rotatable bonds is 8. The maximum atomic E-state index is 12.8. The highest BCUT2D eigenvalue weighted by Crippen LogP contribution is 2.24. The largest absolute Gasteiger partial charge is 0.350 e. The number of carbonyl (C=O) groups excluding carboxylic acids is 1. The molecule has 2 aromatic carbocycles. The highest BCUT2D eigenvalue weighted by Gasteiger charge is 2.15. The Morgan fingerprint density at radius 1 is 1.00 bits per heavy atom. The van der Waals surface area contributed by atoms with Gasteiger partial charge in [0, 0.05) is 24.0 Å². The van der Waals surface area contributed by atoms with Gasteiger partial charge in [-0.15, -0.1) is 0 Å². The van der Waals surface area contributed by atoms with Crippen LogP contribution in [0.2, 0.25) is 0 Å². The molecule has 0 bridgehead atoms. The summed E-state index contributed by atoms with van der Waals surface area (Å²) in [5.41, 5.74) is 3.90. The first-order chi connectivity index (χ1) is 13.5. The zero-order chi connectivity index (χ0) is 19.9. The number of nitrogens with zero attached hydrogens (tertiary/aromatic N) is 2. The second kappa shape index (κ2) is 9.36. The molecule has 1 heterocycles. The maximum Gasteiger partial charge on any atom is 0.252 e. The third-order valence-corrected chi connectivity index (χ3v) is 4.89. The summed E-state index contributed by atoms with van der Waals surface area (Å²) in [4.78, 5) is 12.8. The second-order valence-corrected chi connectivity index (χ2v) is 7.79. The number of hydrogen-bond donors (Lipinski definition) is 1. The predicted molar refractivity (Wildman–Crippen MR) is 114 cm³/mol. The molecule has 0 fully saturated rings. The molecule has 4 heteroatoms. The Morgan fingerprint density at radius 2 is 1.75 bits per heavy atom. The van der Waals surface area contributed by atoms with Crippen LogP contribution in [-0.2, 0) is 6.54 Å². The number of nitrogens with one attached hydrogen (secondary N) is 1. The van der Waals surface area contributed by atoms with E-state index in [0.717, 1.165) is 36.1 Å². The van der Waals surface area contributed by atoms with Crippen molar-refractivity contribution in [1.29, 1.82) is 0 Å². The Hall–Kier alpha value is -2.88. The first-order valence-corrected chi connectivity index (χ1v) is 9.99. The van der Waals surface area contributed by atoms with Gasteiger partial charge in [-0.3, -0.25) is 9.48 Å². The lowest BCUT2D eigenvalue weighted by molar-refractivity contribution is 0.0938. The molecule has 146 valence electrons. The highest BCUT2D eigenvalue weighted by atomic mass is 16.1. The van der Waals surface area contributed by atoms with Gasteiger partial charge in [0.05, 0.1) is 6.54 Å². The quantitative estimate of drug-likeness (QED) is 0.592. The minimum Gasteiger partial charge on any atom is -0.350 e. The number of aromatic nitrogens is 2. The Labute approximate surface area is 167 Å². The number of benzene rings is 2. The van der Waals surface area contributed by atoms with E-state index in [1.54, 1.807) is 6.20 Å². The average Bonchev–Trinajstić information content (AvgIpc) is 3.20. The lowest BCUT2D eigenvalue weighted by Gasteiger charge is -2.17. The van der Waals surface area contributed by atoms with Crippen LogP contribution < -0.4 is 5.32 Å². The molecule has 28 heavy (non-hydrogen) atoms. The molecule has 3 rings (SSSR count). The van der Waals surface area contributed by atoms with Crippen molar-refractivity contribution >= 4 is 5.91 Å². The van der Waals surface area contributed by atoms with Crippen molar-refractivity contribution in [2.24, 2.45) is 5.92 Å². The van der Waals surface area contributed by atoms with Crippen LogP contribution in [-0.4, -0.2) is 21.7 Å². The van der Waals surface area contributed by atoms with Gasteiger partial charge in [-0.25, -0.2) is 0 Å². The Balaban J connectivity index is 1.73. The van der Waals surface area contributed by atoms with Gasteiger partial charge in [-0.05, 0) is 54.5 Å². The molecule has 3 aromatic rings. The summed E-state index contributed by atoms with van der Waals surface area (Å²) in [7, 11) is 0. The van der Waals surface area contributed by atoms with Crippen LogP contribution >= 0.6 is 0 Å². The molecule has 0 saturated carbocycles. The molecule has 0 aliphatic rings. The minimum atomic E-state index is -0.00697. The fourth-order valence-electron chi connectivity index (χ4n) is 3.26. The fraction of sp³-hybridized carbons (Fsp3) is 0.333. The molecule has 0 spiro atoms. The standard InChI is InChI=1S/C24H29N3O/c1-18(2)9-10-19(3)26-24(28)23-8-5-4-7-22(23)21-13-11-20(12-14-21)17-27-16-6-15-25-27/h4-8,11-16,18-19H,9-10,17H2,1-3H3,(H,26,28). The van der Waals surface area contributed by atoms with Crippen LogP contribution in [0.25, 0.3) is 11.1 Å². The molecule has 1 unspecified atom stereocenters. The molecular formula is C24H29N3O. The fourth-order valence-corrected chi connectivity index (χ4v) is 3.26. The van der Waals surface area contributed by atoms with E-state index >= 15 is 0 Å². The molecule has 1 N–H and O–H groups in total. The lowest BCUT2D eigenvalue weighted by Crippen LogP contribution is -2.33. The summed E-state index contributed by atoms with van der Waals surface area (Å²) in [6.45, 7) is 7.23. The summed E-state index contributed by atoms with van der Waals surface area (Å²) < 4.78 is 1.90. The van der Waals surface area contributed by atoms with Crippen LogP contribution in [0, 0.1) is 5.92 Å². The van der Waals surface area contributed by atoms with Crippen LogP contribution in [0.1, 0.15) is 49.5 Å². The Kier molecular flexibility index (Phi) is 6.64. The third-order valence-electron chi connectivity index (χ3n) is 4.89. The summed E-state index contributed by atoms with van der Waals surface area (Å²) in [6.07, 6.45) is 5.84. The van der Waals surface area contributed by atoms with E-state index in [0.29, 0.717) is 5.92 Å². The highest BCUT2D eigenvalue weighted by molar-refractivity contribution is 6.01. The summed E-state index contributed by atoms with van der Waals surface area (Å²) in [5, 5.41) is 7.40. The molecule has 0 aliphatic heterocycles. The van der Waals surface area contributed by atoms with Crippen molar-refractivity contribution in [3.8, 4) is 11.1 Å². The van der Waals surface area contributed by atoms with Crippen molar-refractivity contribution in [2.75, 3.05) is 0 Å². The number of carbonyl (C=O) groups is 1. The van der Waals surface area contributed by atoms with Gasteiger partial charge in [0.1, 0.15) is 0 Å². The summed E-state index contributed by atoms with van der Waals surface area (Å²) >= 11 is 0. The summed E-state index contributed by atoms with van der Waals surface area (Å²) in [6, 6.07) is 18.2. The zero-order valence-corrected chi connectivity index (χ0v) is 16.9. The molecule has 1 amide bonds. The smallest absolute Gasteiger partial charge is 0.252 e. The molecule has 1 atom stereocenters. The first-order valence-electron chi connectivity index (χ1n) is 9.99. The van der Waals surface area contributed by atoms with E-state index < -0.39 is 0 Å². The van der Waals surface area contributed by atoms with Gasteiger partial charge in [0.15, 0.2) is 0 Å². The van der Waals surface area contributed by atoms with E-state index in [2.05, 4.69) is 55.5 Å². The van der Waals surface area contributed by atoms with Crippen molar-refractivity contribution in [3.05, 3.63) is 78.1 Å². The normalized spacial score (nSPS) is 12.1. The minimum absolute atomic E-state index is 0.00697. The van der Waals surface area contributed by atoms with Crippen molar-refractivity contribution in [1.82, 2.24) is 15.1 Å². The van der Waals surface area contributed by atoms with Gasteiger partial charge >= 0.3 is 0 Å². The van der Waals surface area contributed by atoms with E-state index in [1.807, 2.05) is 41.2 Å².